The van der Waals surface area contributed by atoms with Crippen LogP contribution in [0.5, 0.6) is 0 Å². The molecule has 23 heavy (non-hydrogen) atoms. The number of halogens is 2. The van der Waals surface area contributed by atoms with E-state index in [1.165, 1.54) is 0 Å². The predicted octanol–water partition coefficient (Wildman–Crippen LogP) is 4.17. The number of amides is 1. The van der Waals surface area contributed by atoms with Crippen LogP contribution in [-0.2, 0) is 4.74 Å². The molecule has 0 aromatic heterocycles. The Hall–Kier alpha value is -0.820. The molecule has 0 fully saturated rings. The maximum atomic E-state index is 11.5. The van der Waals surface area contributed by atoms with Crippen LogP contribution < -0.4 is 10.6 Å². The Kier molecular flexibility index (Phi) is 9.13. The molecule has 1 aromatic carbocycles. The number of rotatable bonds is 5. The van der Waals surface area contributed by atoms with Gasteiger partial charge in [0.25, 0.3) is 0 Å². The van der Waals surface area contributed by atoms with Crippen LogP contribution in [0.1, 0.15) is 44.9 Å². The topological polar surface area (TPSA) is 70.6 Å². The van der Waals surface area contributed by atoms with Gasteiger partial charge in [0.05, 0.1) is 18.4 Å². The number of hydrogen-bond acceptors (Lipinski definition) is 4. The molecule has 0 aliphatic rings. The highest BCUT2D eigenvalue weighted by Crippen LogP contribution is 2.30. The summed E-state index contributed by atoms with van der Waals surface area (Å²) in [6.07, 6.45) is -1.11. The molecule has 0 aliphatic heterocycles. The number of β-amino-alcohol motifs (C(OH)–C–C–N with tert-alkyl or cyclic N) is 1. The number of aliphatic hydroxyl groups excluding tert-OH is 1. The summed E-state index contributed by atoms with van der Waals surface area (Å²) in [7, 11) is 0. The van der Waals surface area contributed by atoms with Gasteiger partial charge in [-0.15, -0.1) is 12.4 Å². The van der Waals surface area contributed by atoms with Gasteiger partial charge in [-0.3, -0.25) is 5.32 Å². The fraction of sp³-hybridized carbons (Fsp3) is 0.562. The fourth-order valence-corrected chi connectivity index (χ4v) is 2.59. The van der Waals surface area contributed by atoms with E-state index in [1.807, 2.05) is 39.8 Å². The van der Waals surface area contributed by atoms with Crippen LogP contribution in [0.25, 0.3) is 0 Å². The maximum absolute atomic E-state index is 11.5. The summed E-state index contributed by atoms with van der Waals surface area (Å²) in [5, 5.41) is 16.3. The SMILES string of the molecule is CCOC(=O)Nc1c(C)cc(C(O)CNC(C)(C)C)cc1Br.Cl. The number of carbonyl (C=O) groups excluding carboxylic acids is 1. The van der Waals surface area contributed by atoms with Crippen molar-refractivity contribution in [1.29, 1.82) is 0 Å². The fourth-order valence-electron chi connectivity index (χ4n) is 1.91. The lowest BCUT2D eigenvalue weighted by atomic mass is 10.0. The normalized spacial score (nSPS) is 12.3. The van der Waals surface area contributed by atoms with E-state index < -0.39 is 12.2 Å². The molecule has 0 bridgehead atoms. The number of aryl methyl sites for hydroxylation is 1. The molecule has 0 spiro atoms. The van der Waals surface area contributed by atoms with Gasteiger partial charge >= 0.3 is 6.09 Å². The minimum atomic E-state index is -0.620. The van der Waals surface area contributed by atoms with Gasteiger partial charge in [0.2, 0.25) is 0 Å². The maximum Gasteiger partial charge on any atom is 0.411 e. The molecule has 1 aromatic rings. The van der Waals surface area contributed by atoms with E-state index in [1.54, 1.807) is 6.92 Å². The molecule has 0 saturated carbocycles. The van der Waals surface area contributed by atoms with Gasteiger partial charge in [-0.2, -0.15) is 0 Å². The van der Waals surface area contributed by atoms with E-state index in [0.29, 0.717) is 23.3 Å². The first kappa shape index (κ1) is 22.2. The van der Waals surface area contributed by atoms with Crippen molar-refractivity contribution in [2.75, 3.05) is 18.5 Å². The van der Waals surface area contributed by atoms with E-state index in [4.69, 9.17) is 4.74 Å². The molecule has 3 N–H and O–H groups in total. The zero-order valence-corrected chi connectivity index (χ0v) is 16.6. The molecule has 0 saturated heterocycles. The van der Waals surface area contributed by atoms with E-state index >= 15 is 0 Å². The molecular weight excluding hydrogens is 384 g/mol. The highest BCUT2D eigenvalue weighted by Gasteiger charge is 2.17. The number of carbonyl (C=O) groups is 1. The second-order valence-electron chi connectivity index (χ2n) is 6.19. The standard InChI is InChI=1S/C16H25BrN2O3.ClH/c1-6-22-15(21)19-14-10(2)7-11(8-12(14)17)13(20)9-18-16(3,4)5;/h7-8,13,18,20H,6,9H2,1-5H3,(H,19,21);1H. The van der Waals surface area contributed by atoms with Crippen molar-refractivity contribution in [3.05, 3.63) is 27.7 Å². The number of ether oxygens (including phenoxy) is 1. The minimum absolute atomic E-state index is 0. The van der Waals surface area contributed by atoms with Gasteiger partial charge < -0.3 is 15.2 Å². The van der Waals surface area contributed by atoms with Crippen LogP contribution in [0, 0.1) is 6.92 Å². The predicted molar refractivity (Wildman–Crippen MR) is 99.5 cm³/mol. The van der Waals surface area contributed by atoms with E-state index in [2.05, 4.69) is 26.6 Å². The molecule has 0 aliphatic carbocycles. The number of nitrogens with one attached hydrogen (secondary N) is 2. The lowest BCUT2D eigenvalue weighted by molar-refractivity contribution is 0.163. The van der Waals surface area contributed by atoms with Crippen LogP contribution in [0.2, 0.25) is 0 Å². The highest BCUT2D eigenvalue weighted by molar-refractivity contribution is 9.10. The summed E-state index contributed by atoms with van der Waals surface area (Å²) < 4.78 is 5.59. The first-order valence-corrected chi connectivity index (χ1v) is 8.10. The third-order valence-electron chi connectivity index (χ3n) is 3.02. The van der Waals surface area contributed by atoms with Gasteiger partial charge in [-0.05, 0) is 67.7 Å². The van der Waals surface area contributed by atoms with E-state index in [9.17, 15) is 9.90 Å². The summed E-state index contributed by atoms with van der Waals surface area (Å²) in [5.74, 6) is 0. The minimum Gasteiger partial charge on any atom is -0.450 e. The molecular formula is C16H26BrClN2O3. The van der Waals surface area contributed by atoms with Crippen LogP contribution in [0.15, 0.2) is 16.6 Å². The van der Waals surface area contributed by atoms with Crippen LogP contribution in [0.4, 0.5) is 10.5 Å². The van der Waals surface area contributed by atoms with Gasteiger partial charge in [-0.1, -0.05) is 6.07 Å². The van der Waals surface area contributed by atoms with Crippen LogP contribution in [0.3, 0.4) is 0 Å². The molecule has 0 heterocycles. The van der Waals surface area contributed by atoms with Crippen molar-refractivity contribution < 1.29 is 14.6 Å². The Morgan fingerprint density at radius 2 is 2.00 bits per heavy atom. The Morgan fingerprint density at radius 1 is 1.39 bits per heavy atom. The zero-order valence-electron chi connectivity index (χ0n) is 14.2. The van der Waals surface area contributed by atoms with Gasteiger partial charge in [-0.25, -0.2) is 4.79 Å². The Bertz CT molecular complexity index is 510. The van der Waals surface area contributed by atoms with E-state index in [-0.39, 0.29) is 17.9 Å². The van der Waals surface area contributed by atoms with Crippen molar-refractivity contribution >= 4 is 40.1 Å². The van der Waals surface area contributed by atoms with Crippen molar-refractivity contribution in [3.63, 3.8) is 0 Å². The third kappa shape index (κ3) is 7.52. The van der Waals surface area contributed by atoms with Crippen molar-refractivity contribution in [1.82, 2.24) is 5.32 Å². The molecule has 7 heteroatoms. The molecule has 5 nitrogen and oxygen atoms in total. The van der Waals surface area contributed by atoms with Crippen LogP contribution in [-0.4, -0.2) is 29.9 Å². The average Bonchev–Trinajstić information content (AvgIpc) is 2.39. The lowest BCUT2D eigenvalue weighted by Gasteiger charge is -2.23. The lowest BCUT2D eigenvalue weighted by Crippen LogP contribution is -2.38. The Morgan fingerprint density at radius 3 is 2.48 bits per heavy atom. The number of aliphatic hydroxyl groups is 1. The Labute approximate surface area is 152 Å². The summed E-state index contributed by atoms with van der Waals surface area (Å²) >= 11 is 3.43. The largest absolute Gasteiger partial charge is 0.450 e. The molecule has 1 atom stereocenters. The average molecular weight is 410 g/mol. The van der Waals surface area contributed by atoms with Gasteiger partial charge in [0.1, 0.15) is 0 Å². The number of hydrogen-bond donors (Lipinski definition) is 3. The van der Waals surface area contributed by atoms with E-state index in [0.717, 1.165) is 11.1 Å². The van der Waals surface area contributed by atoms with Crippen LogP contribution >= 0.6 is 28.3 Å². The monoisotopic (exact) mass is 408 g/mol. The smallest absolute Gasteiger partial charge is 0.411 e. The van der Waals surface area contributed by atoms with Gasteiger partial charge in [0.15, 0.2) is 0 Å². The summed E-state index contributed by atoms with van der Waals surface area (Å²) in [4.78, 5) is 11.5. The molecule has 1 unspecified atom stereocenters. The summed E-state index contributed by atoms with van der Waals surface area (Å²) in [5.41, 5.74) is 2.24. The molecule has 1 rings (SSSR count). The van der Waals surface area contributed by atoms with Gasteiger partial charge in [0, 0.05) is 16.6 Å². The molecule has 1 amide bonds. The summed E-state index contributed by atoms with van der Waals surface area (Å²) in [6, 6.07) is 3.67. The first-order chi connectivity index (χ1) is 10.1. The number of benzene rings is 1. The second kappa shape index (κ2) is 9.47. The molecule has 0 radical (unpaired) electrons. The zero-order chi connectivity index (χ0) is 16.9. The van der Waals surface area contributed by atoms with Crippen molar-refractivity contribution in [2.24, 2.45) is 0 Å². The number of anilines is 1. The van der Waals surface area contributed by atoms with Crippen molar-refractivity contribution in [3.8, 4) is 0 Å². The van der Waals surface area contributed by atoms with Crippen molar-refractivity contribution in [2.45, 2.75) is 46.3 Å². The first-order valence-electron chi connectivity index (χ1n) is 7.31. The molecule has 132 valence electrons. The quantitative estimate of drug-likeness (QED) is 0.682. The highest BCUT2D eigenvalue weighted by atomic mass is 79.9. The second-order valence-corrected chi connectivity index (χ2v) is 7.04. The summed E-state index contributed by atoms with van der Waals surface area (Å²) in [6.45, 7) is 10.6. The Balaban J connectivity index is 0.00000484. The third-order valence-corrected chi connectivity index (χ3v) is 3.65.